The van der Waals surface area contributed by atoms with E-state index in [-0.39, 0.29) is 11.9 Å². The second kappa shape index (κ2) is 9.53. The van der Waals surface area contributed by atoms with Gasteiger partial charge in [-0.15, -0.1) is 0 Å². The highest BCUT2D eigenvalue weighted by Crippen LogP contribution is 2.36. The number of amides is 1. The maximum Gasteiger partial charge on any atom is 0.244 e. The van der Waals surface area contributed by atoms with Crippen LogP contribution in [0.1, 0.15) is 44.5 Å². The third-order valence-electron chi connectivity index (χ3n) is 5.93. The minimum absolute atomic E-state index is 0.143. The summed E-state index contributed by atoms with van der Waals surface area (Å²) in [4.78, 5) is 25.0. The van der Waals surface area contributed by atoms with E-state index in [0.29, 0.717) is 36.9 Å². The van der Waals surface area contributed by atoms with E-state index in [2.05, 4.69) is 20.0 Å². The van der Waals surface area contributed by atoms with Gasteiger partial charge < -0.3 is 18.9 Å². The molecule has 2 fully saturated rings. The van der Waals surface area contributed by atoms with Crippen LogP contribution in [0.25, 0.3) is 11.4 Å². The fourth-order valence-corrected chi connectivity index (χ4v) is 4.32. The van der Waals surface area contributed by atoms with E-state index in [1.807, 2.05) is 11.0 Å². The van der Waals surface area contributed by atoms with Gasteiger partial charge in [-0.2, -0.15) is 4.98 Å². The smallest absolute Gasteiger partial charge is 0.244 e. The molecule has 30 heavy (non-hydrogen) atoms. The first-order valence-electron chi connectivity index (χ1n) is 10.6. The highest BCUT2D eigenvalue weighted by atomic mass is 16.5. The molecule has 0 radical (unpaired) electrons. The number of carbonyl (C=O) groups is 1. The Morgan fingerprint density at radius 2 is 2.03 bits per heavy atom. The van der Waals surface area contributed by atoms with Crippen LogP contribution in [-0.4, -0.2) is 76.8 Å². The van der Waals surface area contributed by atoms with Crippen molar-refractivity contribution < 1.29 is 18.8 Å². The Kier molecular flexibility index (Phi) is 6.59. The molecule has 162 valence electrons. The van der Waals surface area contributed by atoms with Crippen molar-refractivity contribution in [3.63, 3.8) is 0 Å². The molecule has 0 saturated carbocycles. The number of hydrogen-bond donors (Lipinski definition) is 0. The lowest BCUT2D eigenvalue weighted by Gasteiger charge is -2.38. The predicted molar refractivity (Wildman–Crippen MR) is 109 cm³/mol. The van der Waals surface area contributed by atoms with Crippen LogP contribution in [0.15, 0.2) is 22.9 Å². The first-order chi connectivity index (χ1) is 14.7. The molecule has 2 saturated heterocycles. The van der Waals surface area contributed by atoms with E-state index in [1.165, 1.54) is 0 Å². The molecule has 2 aromatic heterocycles. The summed E-state index contributed by atoms with van der Waals surface area (Å²) >= 11 is 0. The molecule has 9 heteroatoms. The topological polar surface area (TPSA) is 93.8 Å². The number of carbonyl (C=O) groups excluding carboxylic acids is 1. The van der Waals surface area contributed by atoms with E-state index in [4.69, 9.17) is 14.0 Å². The van der Waals surface area contributed by atoms with Crippen molar-refractivity contribution in [2.75, 3.05) is 40.0 Å². The first kappa shape index (κ1) is 20.7. The average Bonchev–Trinajstić information content (AvgIpc) is 3.44. The molecule has 9 nitrogen and oxygen atoms in total. The average molecular weight is 415 g/mol. The molecular weight excluding hydrogens is 386 g/mol. The summed E-state index contributed by atoms with van der Waals surface area (Å²) < 4.78 is 16.1. The van der Waals surface area contributed by atoms with Gasteiger partial charge in [0, 0.05) is 51.0 Å². The third kappa shape index (κ3) is 4.62. The highest BCUT2D eigenvalue weighted by molar-refractivity contribution is 5.73. The monoisotopic (exact) mass is 415 g/mol. The van der Waals surface area contributed by atoms with Gasteiger partial charge in [0.15, 0.2) is 0 Å². The summed E-state index contributed by atoms with van der Waals surface area (Å²) in [6.45, 7) is 5.29. The number of aromatic nitrogens is 3. The fourth-order valence-electron chi connectivity index (χ4n) is 4.32. The molecular formula is C21H29N5O4. The lowest BCUT2D eigenvalue weighted by molar-refractivity contribution is -0.130. The molecule has 4 heterocycles. The van der Waals surface area contributed by atoms with Crippen molar-refractivity contribution in [2.45, 2.75) is 44.7 Å². The summed E-state index contributed by atoms with van der Waals surface area (Å²) in [6.07, 6.45) is 5.81. The summed E-state index contributed by atoms with van der Waals surface area (Å²) in [5.41, 5.74) is 0.795. The van der Waals surface area contributed by atoms with Crippen LogP contribution in [0.4, 0.5) is 0 Å². The zero-order chi connectivity index (χ0) is 20.9. The normalized spacial score (nSPS) is 20.6. The van der Waals surface area contributed by atoms with Crippen LogP contribution < -0.4 is 4.74 Å². The number of likely N-dealkylation sites (tertiary alicyclic amines) is 2. The zero-order valence-electron chi connectivity index (χ0n) is 17.6. The molecule has 0 aromatic carbocycles. The number of hydrogen-bond acceptors (Lipinski definition) is 8. The zero-order valence-corrected chi connectivity index (χ0v) is 17.6. The fraction of sp³-hybridized carbons (Fsp3) is 0.619. The Hall–Kier alpha value is -2.52. The molecule has 0 spiro atoms. The van der Waals surface area contributed by atoms with E-state index in [0.717, 1.165) is 50.9 Å². The van der Waals surface area contributed by atoms with Crippen LogP contribution >= 0.6 is 0 Å². The van der Waals surface area contributed by atoms with Gasteiger partial charge in [0.1, 0.15) is 6.61 Å². The molecule has 1 amide bonds. The summed E-state index contributed by atoms with van der Waals surface area (Å²) in [5.74, 6) is 1.91. The summed E-state index contributed by atoms with van der Waals surface area (Å²) in [7, 11) is 1.63. The predicted octanol–water partition coefficient (Wildman–Crippen LogP) is 2.30. The molecule has 2 aliphatic heterocycles. The largest absolute Gasteiger partial charge is 0.475 e. The van der Waals surface area contributed by atoms with Gasteiger partial charge in [0.05, 0.1) is 12.6 Å². The lowest BCUT2D eigenvalue weighted by atomic mass is 10.0. The highest BCUT2D eigenvalue weighted by Gasteiger charge is 2.37. The minimum Gasteiger partial charge on any atom is -0.475 e. The molecule has 1 unspecified atom stereocenters. The standard InChI is InChI=1S/C21H29N5O4/c1-15(27)25-10-7-17(8-11-25)26-9-3-4-18(26)21-23-20(24-30-21)16-5-6-19(22-14-16)29-13-12-28-2/h5-6,14,17-18H,3-4,7-13H2,1-2H3. The van der Waals surface area contributed by atoms with Crippen molar-refractivity contribution in [1.82, 2.24) is 24.9 Å². The van der Waals surface area contributed by atoms with Gasteiger partial charge in [0.2, 0.25) is 23.5 Å². The van der Waals surface area contributed by atoms with Crippen molar-refractivity contribution >= 4 is 5.91 Å². The first-order valence-corrected chi connectivity index (χ1v) is 10.6. The lowest BCUT2D eigenvalue weighted by Crippen LogP contribution is -2.46. The van der Waals surface area contributed by atoms with Crippen molar-refractivity contribution in [3.8, 4) is 17.3 Å². The Morgan fingerprint density at radius 3 is 2.73 bits per heavy atom. The van der Waals surface area contributed by atoms with Crippen LogP contribution in [0.3, 0.4) is 0 Å². The summed E-state index contributed by atoms with van der Waals surface area (Å²) in [5, 5.41) is 4.18. The van der Waals surface area contributed by atoms with Crippen molar-refractivity contribution in [3.05, 3.63) is 24.2 Å². The van der Waals surface area contributed by atoms with Gasteiger partial charge >= 0.3 is 0 Å². The maximum absolute atomic E-state index is 11.6. The van der Waals surface area contributed by atoms with E-state index < -0.39 is 0 Å². The Labute approximate surface area is 176 Å². The van der Waals surface area contributed by atoms with Crippen LogP contribution in [0, 0.1) is 0 Å². The molecule has 0 N–H and O–H groups in total. The molecule has 2 aliphatic rings. The SMILES string of the molecule is COCCOc1ccc(-c2noc(C3CCCN3C3CCN(C(C)=O)CC3)n2)cn1. The number of ether oxygens (including phenoxy) is 2. The van der Waals surface area contributed by atoms with E-state index in [1.54, 1.807) is 26.3 Å². The van der Waals surface area contributed by atoms with Gasteiger partial charge in [-0.25, -0.2) is 4.98 Å². The van der Waals surface area contributed by atoms with E-state index >= 15 is 0 Å². The number of methoxy groups -OCH3 is 1. The van der Waals surface area contributed by atoms with Gasteiger partial charge in [-0.05, 0) is 38.3 Å². The maximum atomic E-state index is 11.6. The minimum atomic E-state index is 0.143. The van der Waals surface area contributed by atoms with Crippen molar-refractivity contribution in [1.29, 1.82) is 0 Å². The third-order valence-corrected chi connectivity index (χ3v) is 5.93. The Bertz CT molecular complexity index is 832. The van der Waals surface area contributed by atoms with Crippen molar-refractivity contribution in [2.24, 2.45) is 0 Å². The Balaban J connectivity index is 1.40. The second-order valence-electron chi connectivity index (χ2n) is 7.82. The molecule has 2 aromatic rings. The molecule has 0 bridgehead atoms. The second-order valence-corrected chi connectivity index (χ2v) is 7.82. The van der Waals surface area contributed by atoms with Gasteiger partial charge in [0.25, 0.3) is 0 Å². The van der Waals surface area contributed by atoms with Crippen LogP contribution in [0.5, 0.6) is 5.88 Å². The summed E-state index contributed by atoms with van der Waals surface area (Å²) in [6, 6.07) is 4.28. The molecule has 0 aliphatic carbocycles. The quantitative estimate of drug-likeness (QED) is 0.636. The number of pyridine rings is 1. The number of nitrogens with zero attached hydrogens (tertiary/aromatic N) is 5. The molecule has 4 rings (SSSR count). The van der Waals surface area contributed by atoms with E-state index in [9.17, 15) is 4.79 Å². The Morgan fingerprint density at radius 1 is 1.20 bits per heavy atom. The van der Waals surface area contributed by atoms with Gasteiger partial charge in [-0.3, -0.25) is 9.69 Å². The number of piperidine rings is 1. The number of rotatable bonds is 7. The van der Waals surface area contributed by atoms with Crippen LogP contribution in [0.2, 0.25) is 0 Å². The van der Waals surface area contributed by atoms with Crippen LogP contribution in [-0.2, 0) is 9.53 Å². The molecule has 1 atom stereocenters. The van der Waals surface area contributed by atoms with Gasteiger partial charge in [-0.1, -0.05) is 5.16 Å².